The molecule has 0 aliphatic carbocycles. The van der Waals surface area contributed by atoms with Gasteiger partial charge in [-0.3, -0.25) is 9.69 Å². The van der Waals surface area contributed by atoms with Gasteiger partial charge in [0, 0.05) is 31.7 Å². The second-order valence-electron chi connectivity index (χ2n) is 9.21. The van der Waals surface area contributed by atoms with Gasteiger partial charge in [-0.05, 0) is 17.2 Å². The van der Waals surface area contributed by atoms with E-state index in [9.17, 15) is 18.0 Å². The number of alkyl halides is 3. The van der Waals surface area contributed by atoms with E-state index in [4.69, 9.17) is 0 Å². The number of nitrogens with zero attached hydrogens (tertiary/aromatic N) is 4. The summed E-state index contributed by atoms with van der Waals surface area (Å²) in [5.41, 5.74) is 2.09. The molecule has 0 bridgehead atoms. The van der Waals surface area contributed by atoms with Gasteiger partial charge in [0.25, 0.3) is 0 Å². The third-order valence-electron chi connectivity index (χ3n) is 6.65. The first-order valence-corrected chi connectivity index (χ1v) is 13.6. The van der Waals surface area contributed by atoms with Gasteiger partial charge in [-0.2, -0.15) is 13.2 Å². The minimum absolute atomic E-state index is 0.0314. The Bertz CT molecular complexity index is 1340. The number of piperazine rings is 1. The molecule has 1 fully saturated rings. The first-order valence-electron chi connectivity index (χ1n) is 12.6. The summed E-state index contributed by atoms with van der Waals surface area (Å²) in [4.78, 5) is 25.2. The van der Waals surface area contributed by atoms with E-state index in [2.05, 4.69) is 39.1 Å². The van der Waals surface area contributed by atoms with Crippen LogP contribution in [0.4, 0.5) is 13.2 Å². The van der Waals surface area contributed by atoms with Crippen LogP contribution in [-0.2, 0) is 11.0 Å². The molecule has 5 rings (SSSR count). The van der Waals surface area contributed by atoms with Crippen molar-refractivity contribution in [3.63, 3.8) is 0 Å². The highest BCUT2D eigenvalue weighted by Gasteiger charge is 2.34. The number of carbonyl (C=O) groups is 1. The molecule has 9 heteroatoms. The maximum absolute atomic E-state index is 13.5. The lowest BCUT2D eigenvalue weighted by Gasteiger charge is -2.39. The van der Waals surface area contributed by atoms with Gasteiger partial charge >= 0.3 is 6.18 Å². The largest absolute Gasteiger partial charge is 0.433 e. The van der Waals surface area contributed by atoms with Crippen molar-refractivity contribution in [3.05, 3.63) is 114 Å². The molecule has 200 valence electrons. The molecule has 4 aromatic rings. The summed E-state index contributed by atoms with van der Waals surface area (Å²) < 4.78 is 40.6. The van der Waals surface area contributed by atoms with Crippen LogP contribution in [0.3, 0.4) is 0 Å². The monoisotopic (exact) mass is 548 g/mol. The molecule has 1 amide bonds. The van der Waals surface area contributed by atoms with Crippen LogP contribution in [-0.4, -0.2) is 57.6 Å². The zero-order valence-corrected chi connectivity index (χ0v) is 21.9. The Balaban J connectivity index is 1.25. The van der Waals surface area contributed by atoms with Crippen LogP contribution in [0.5, 0.6) is 0 Å². The molecule has 0 N–H and O–H groups in total. The van der Waals surface area contributed by atoms with Crippen molar-refractivity contribution in [2.24, 2.45) is 0 Å². The van der Waals surface area contributed by atoms with Crippen LogP contribution in [0.2, 0.25) is 0 Å². The van der Waals surface area contributed by atoms with Crippen LogP contribution in [0.25, 0.3) is 11.3 Å². The fourth-order valence-corrected chi connectivity index (χ4v) is 5.48. The van der Waals surface area contributed by atoms with E-state index in [1.165, 1.54) is 11.1 Å². The first kappa shape index (κ1) is 26.9. The predicted molar refractivity (Wildman–Crippen MR) is 146 cm³/mol. The zero-order valence-electron chi connectivity index (χ0n) is 21.1. The van der Waals surface area contributed by atoms with E-state index in [-0.39, 0.29) is 28.6 Å². The predicted octanol–water partition coefficient (Wildman–Crippen LogP) is 6.19. The first-order chi connectivity index (χ1) is 18.9. The van der Waals surface area contributed by atoms with Crippen molar-refractivity contribution in [2.75, 3.05) is 31.9 Å². The highest BCUT2D eigenvalue weighted by atomic mass is 32.2. The highest BCUT2D eigenvalue weighted by molar-refractivity contribution is 7.99. The second-order valence-corrected chi connectivity index (χ2v) is 10.2. The molecule has 1 saturated heterocycles. The minimum Gasteiger partial charge on any atom is -0.339 e. The Morgan fingerprint density at radius 2 is 1.33 bits per heavy atom. The molecule has 1 aliphatic heterocycles. The van der Waals surface area contributed by atoms with Gasteiger partial charge in [0.1, 0.15) is 5.69 Å². The summed E-state index contributed by atoms with van der Waals surface area (Å²) in [6, 6.07) is 30.2. The van der Waals surface area contributed by atoms with Crippen LogP contribution in [0, 0.1) is 0 Å². The van der Waals surface area contributed by atoms with Crippen molar-refractivity contribution in [1.29, 1.82) is 0 Å². The van der Waals surface area contributed by atoms with Gasteiger partial charge in [-0.15, -0.1) is 0 Å². The number of carbonyl (C=O) groups excluding carboxylic acids is 1. The Morgan fingerprint density at radius 1 is 0.795 bits per heavy atom. The fraction of sp³-hybridized carbons (Fsp3) is 0.233. The molecular formula is C30H27F3N4OS. The summed E-state index contributed by atoms with van der Waals surface area (Å²) in [5, 5.41) is -0.0658. The number of hydrogen-bond acceptors (Lipinski definition) is 5. The zero-order chi connectivity index (χ0) is 27.2. The second kappa shape index (κ2) is 12.0. The van der Waals surface area contributed by atoms with Gasteiger partial charge in [-0.1, -0.05) is 103 Å². The van der Waals surface area contributed by atoms with E-state index in [1.807, 2.05) is 36.4 Å². The number of thioether (sulfide) groups is 1. The third-order valence-corrected chi connectivity index (χ3v) is 7.49. The van der Waals surface area contributed by atoms with Crippen LogP contribution in [0.1, 0.15) is 22.9 Å². The average molecular weight is 549 g/mol. The molecule has 0 saturated carbocycles. The molecule has 2 heterocycles. The number of benzene rings is 3. The molecule has 5 nitrogen and oxygen atoms in total. The van der Waals surface area contributed by atoms with Gasteiger partial charge in [-0.25, -0.2) is 9.97 Å². The molecule has 0 radical (unpaired) electrons. The quantitative estimate of drug-likeness (QED) is 0.204. The normalized spacial score (nSPS) is 14.5. The van der Waals surface area contributed by atoms with Crippen LogP contribution < -0.4 is 0 Å². The van der Waals surface area contributed by atoms with E-state index >= 15 is 0 Å². The molecule has 0 atom stereocenters. The smallest absolute Gasteiger partial charge is 0.339 e. The van der Waals surface area contributed by atoms with Gasteiger partial charge in [0.15, 0.2) is 5.16 Å². The number of hydrogen-bond donors (Lipinski definition) is 0. The molecule has 1 aromatic heterocycles. The Kier molecular flexibility index (Phi) is 8.28. The number of halogens is 3. The topological polar surface area (TPSA) is 49.3 Å². The van der Waals surface area contributed by atoms with Crippen molar-refractivity contribution in [3.8, 4) is 11.3 Å². The van der Waals surface area contributed by atoms with Crippen molar-refractivity contribution in [2.45, 2.75) is 17.4 Å². The third kappa shape index (κ3) is 6.66. The lowest BCUT2D eigenvalue weighted by Crippen LogP contribution is -2.50. The maximum atomic E-state index is 13.5. The SMILES string of the molecule is O=C(CSc1nc(-c2ccccc2)cc(C(F)(F)F)n1)N1CCN(C(c2ccccc2)c2ccccc2)CC1. The van der Waals surface area contributed by atoms with Gasteiger partial charge in [0.2, 0.25) is 5.91 Å². The molecule has 39 heavy (non-hydrogen) atoms. The van der Waals surface area contributed by atoms with E-state index in [0.717, 1.165) is 17.8 Å². The molecular weight excluding hydrogens is 521 g/mol. The van der Waals surface area contributed by atoms with E-state index in [1.54, 1.807) is 35.2 Å². The minimum atomic E-state index is -4.61. The lowest BCUT2D eigenvalue weighted by atomic mass is 9.96. The van der Waals surface area contributed by atoms with Crippen LogP contribution >= 0.6 is 11.8 Å². The number of aromatic nitrogens is 2. The molecule has 3 aromatic carbocycles. The fourth-order valence-electron chi connectivity index (χ4n) is 4.72. The summed E-state index contributed by atoms with van der Waals surface area (Å²) in [6.45, 7) is 2.44. The summed E-state index contributed by atoms with van der Waals surface area (Å²) in [5.74, 6) is -0.172. The van der Waals surface area contributed by atoms with Crippen molar-refractivity contribution >= 4 is 17.7 Å². The standard InChI is InChI=1S/C30H27F3N4OS/c31-30(32,33)26-20-25(22-10-4-1-5-11-22)34-29(35-26)39-21-27(38)36-16-18-37(19-17-36)28(23-12-6-2-7-13-23)24-14-8-3-9-15-24/h1-15,20,28H,16-19,21H2. The highest BCUT2D eigenvalue weighted by Crippen LogP contribution is 2.33. The van der Waals surface area contributed by atoms with E-state index < -0.39 is 11.9 Å². The maximum Gasteiger partial charge on any atom is 0.433 e. The summed E-state index contributed by atoms with van der Waals surface area (Å²) >= 11 is 0.935. The molecule has 0 unspecified atom stereocenters. The Labute approximate surface area is 229 Å². The molecule has 0 spiro atoms. The summed E-state index contributed by atoms with van der Waals surface area (Å²) in [6.07, 6.45) is -4.61. The van der Waals surface area contributed by atoms with Crippen LogP contribution in [0.15, 0.2) is 102 Å². The summed E-state index contributed by atoms with van der Waals surface area (Å²) in [7, 11) is 0. The molecule has 1 aliphatic rings. The number of amides is 1. The van der Waals surface area contributed by atoms with Crippen molar-refractivity contribution < 1.29 is 18.0 Å². The lowest BCUT2D eigenvalue weighted by molar-refractivity contribution is -0.141. The average Bonchev–Trinajstić information content (AvgIpc) is 2.97. The Hall–Kier alpha value is -3.69. The van der Waals surface area contributed by atoms with Gasteiger partial charge < -0.3 is 4.90 Å². The van der Waals surface area contributed by atoms with E-state index in [0.29, 0.717) is 31.7 Å². The van der Waals surface area contributed by atoms with Crippen molar-refractivity contribution in [1.82, 2.24) is 19.8 Å². The number of rotatable bonds is 7. The van der Waals surface area contributed by atoms with Gasteiger partial charge in [0.05, 0.1) is 17.5 Å². The Morgan fingerprint density at radius 3 is 1.87 bits per heavy atom.